The van der Waals surface area contributed by atoms with Gasteiger partial charge in [-0.05, 0) is 12.1 Å². The molecule has 17 heavy (non-hydrogen) atoms. The van der Waals surface area contributed by atoms with Crippen molar-refractivity contribution >= 4 is 18.6 Å². The summed E-state index contributed by atoms with van der Waals surface area (Å²) < 4.78 is 32.7. The predicted molar refractivity (Wildman–Crippen MR) is 56.4 cm³/mol. The molecule has 0 aliphatic carbocycles. The molecule has 0 aromatic heterocycles. The molecule has 0 N–H and O–H groups in total. The average molecular weight is 259 g/mol. The Morgan fingerprint density at radius 3 is 2.65 bits per heavy atom. The van der Waals surface area contributed by atoms with Crippen molar-refractivity contribution in [3.05, 3.63) is 23.3 Å². The van der Waals surface area contributed by atoms with Crippen LogP contribution < -0.4 is 4.74 Å². The van der Waals surface area contributed by atoms with Crippen molar-refractivity contribution in [2.75, 3.05) is 7.11 Å². The second-order valence-electron chi connectivity index (χ2n) is 2.82. The summed E-state index contributed by atoms with van der Waals surface area (Å²) in [7, 11) is 1.16. The second-order valence-corrected chi connectivity index (χ2v) is 3.26. The molecule has 0 aliphatic rings. The van der Waals surface area contributed by atoms with Gasteiger partial charge in [-0.25, -0.2) is 4.79 Å². The molecule has 0 spiro atoms. The molecule has 0 saturated heterocycles. The molecule has 0 saturated carbocycles. The lowest BCUT2D eigenvalue weighted by atomic mass is 10.1. The van der Waals surface area contributed by atoms with Gasteiger partial charge in [0.1, 0.15) is 17.4 Å². The molecule has 0 amide bonds. The smallest absolute Gasteiger partial charge is 0.387 e. The summed E-state index contributed by atoms with van der Waals surface area (Å²) in [6.45, 7) is -3.06. The number of esters is 1. The van der Waals surface area contributed by atoms with Crippen molar-refractivity contribution in [1.29, 1.82) is 5.26 Å². The lowest BCUT2D eigenvalue weighted by Gasteiger charge is -2.10. The van der Waals surface area contributed by atoms with Crippen LogP contribution in [-0.4, -0.2) is 19.7 Å². The number of carbonyl (C=O) groups is 1. The molecule has 0 radical (unpaired) electrons. The first kappa shape index (κ1) is 13.3. The summed E-state index contributed by atoms with van der Waals surface area (Å²) in [5.41, 5.74) is -0.231. The van der Waals surface area contributed by atoms with Crippen molar-refractivity contribution in [2.45, 2.75) is 11.5 Å². The maximum absolute atomic E-state index is 12.0. The summed E-state index contributed by atoms with van der Waals surface area (Å²) >= 11 is 3.93. The van der Waals surface area contributed by atoms with E-state index in [1.165, 1.54) is 6.07 Å². The molecular formula is C10H7F2NO3S. The Morgan fingerprint density at radius 2 is 2.18 bits per heavy atom. The third kappa shape index (κ3) is 2.85. The number of nitriles is 1. The number of nitrogens with zero attached hydrogens (tertiary/aromatic N) is 1. The molecule has 90 valence electrons. The highest BCUT2D eigenvalue weighted by Gasteiger charge is 2.18. The molecule has 0 aliphatic heterocycles. The maximum atomic E-state index is 12.0. The Bertz CT molecular complexity index is 485. The van der Waals surface area contributed by atoms with E-state index in [0.29, 0.717) is 0 Å². The zero-order valence-electron chi connectivity index (χ0n) is 8.61. The van der Waals surface area contributed by atoms with Crippen molar-refractivity contribution in [3.63, 3.8) is 0 Å². The maximum Gasteiger partial charge on any atom is 0.387 e. The van der Waals surface area contributed by atoms with Gasteiger partial charge in [-0.1, -0.05) is 0 Å². The van der Waals surface area contributed by atoms with Crippen LogP contribution in [0, 0.1) is 11.3 Å². The Kier molecular flexibility index (Phi) is 4.29. The largest absolute Gasteiger partial charge is 0.465 e. The van der Waals surface area contributed by atoms with E-state index in [0.717, 1.165) is 13.2 Å². The van der Waals surface area contributed by atoms with Gasteiger partial charge in [-0.2, -0.15) is 14.0 Å². The standard InChI is InChI=1S/C10H7F2NO3S/c1-15-9(14)5-2-3-7(16-10(11)12)6(4-13)8(5)17/h2-3,10,17H,1H3. The van der Waals surface area contributed by atoms with Gasteiger partial charge >= 0.3 is 12.6 Å². The number of benzene rings is 1. The minimum atomic E-state index is -3.06. The molecule has 0 unspecified atom stereocenters. The van der Waals surface area contributed by atoms with Gasteiger partial charge in [0.05, 0.1) is 12.7 Å². The van der Waals surface area contributed by atoms with Gasteiger partial charge in [0.25, 0.3) is 0 Å². The van der Waals surface area contributed by atoms with Gasteiger partial charge in [0.2, 0.25) is 0 Å². The molecule has 0 bridgehead atoms. The van der Waals surface area contributed by atoms with E-state index in [2.05, 4.69) is 22.1 Å². The third-order valence-electron chi connectivity index (χ3n) is 1.87. The van der Waals surface area contributed by atoms with Crippen LogP contribution in [0.1, 0.15) is 15.9 Å². The summed E-state index contributed by atoms with van der Waals surface area (Å²) in [5, 5.41) is 8.82. The summed E-state index contributed by atoms with van der Waals surface area (Å²) in [4.78, 5) is 11.2. The van der Waals surface area contributed by atoms with E-state index in [-0.39, 0.29) is 21.8 Å². The number of hydrogen-bond acceptors (Lipinski definition) is 5. The van der Waals surface area contributed by atoms with Crippen LogP contribution in [0.2, 0.25) is 0 Å². The van der Waals surface area contributed by atoms with E-state index >= 15 is 0 Å². The highest BCUT2D eigenvalue weighted by atomic mass is 32.1. The summed E-state index contributed by atoms with van der Waals surface area (Å²) in [6.07, 6.45) is 0. The van der Waals surface area contributed by atoms with Crippen LogP contribution in [0.5, 0.6) is 5.75 Å². The summed E-state index contributed by atoms with van der Waals surface area (Å²) in [5.74, 6) is -1.05. The van der Waals surface area contributed by atoms with E-state index in [1.54, 1.807) is 6.07 Å². The summed E-state index contributed by atoms with van der Waals surface area (Å²) in [6, 6.07) is 3.94. The second kappa shape index (κ2) is 5.50. The predicted octanol–water partition coefficient (Wildman–Crippen LogP) is 2.23. The van der Waals surface area contributed by atoms with Gasteiger partial charge in [0.15, 0.2) is 0 Å². The zero-order valence-corrected chi connectivity index (χ0v) is 9.50. The van der Waals surface area contributed by atoms with Crippen LogP contribution in [0.3, 0.4) is 0 Å². The molecular weight excluding hydrogens is 252 g/mol. The zero-order chi connectivity index (χ0) is 13.0. The average Bonchev–Trinajstić information content (AvgIpc) is 2.28. The van der Waals surface area contributed by atoms with Gasteiger partial charge < -0.3 is 9.47 Å². The number of ether oxygens (including phenoxy) is 2. The Hall–Kier alpha value is -1.81. The first-order valence-electron chi connectivity index (χ1n) is 4.30. The van der Waals surface area contributed by atoms with E-state index in [1.807, 2.05) is 0 Å². The number of carbonyl (C=O) groups excluding carboxylic acids is 1. The normalized spacial score (nSPS) is 9.88. The monoisotopic (exact) mass is 259 g/mol. The van der Waals surface area contributed by atoms with E-state index in [9.17, 15) is 13.6 Å². The minimum Gasteiger partial charge on any atom is -0.465 e. The quantitative estimate of drug-likeness (QED) is 0.668. The number of rotatable bonds is 3. The first-order chi connectivity index (χ1) is 8.01. The number of hydrogen-bond donors (Lipinski definition) is 1. The number of methoxy groups -OCH3 is 1. The van der Waals surface area contributed by atoms with Gasteiger partial charge in [-0.3, -0.25) is 0 Å². The molecule has 0 heterocycles. The molecule has 4 nitrogen and oxygen atoms in total. The van der Waals surface area contributed by atoms with Crippen molar-refractivity contribution in [3.8, 4) is 11.8 Å². The van der Waals surface area contributed by atoms with Crippen molar-refractivity contribution in [2.24, 2.45) is 0 Å². The fraction of sp³-hybridized carbons (Fsp3) is 0.200. The first-order valence-corrected chi connectivity index (χ1v) is 4.75. The molecule has 1 rings (SSSR count). The van der Waals surface area contributed by atoms with Crippen molar-refractivity contribution < 1.29 is 23.0 Å². The Labute approximate surface area is 101 Å². The molecule has 1 aromatic rings. The van der Waals surface area contributed by atoms with E-state index < -0.39 is 12.6 Å². The number of alkyl halides is 2. The Morgan fingerprint density at radius 1 is 1.53 bits per heavy atom. The van der Waals surface area contributed by atoms with Crippen LogP contribution in [0.25, 0.3) is 0 Å². The van der Waals surface area contributed by atoms with Crippen LogP contribution in [0.4, 0.5) is 8.78 Å². The van der Waals surface area contributed by atoms with Gasteiger partial charge in [0, 0.05) is 4.90 Å². The van der Waals surface area contributed by atoms with E-state index in [4.69, 9.17) is 5.26 Å². The fourth-order valence-corrected chi connectivity index (χ4v) is 1.48. The van der Waals surface area contributed by atoms with Crippen LogP contribution >= 0.6 is 12.6 Å². The lowest BCUT2D eigenvalue weighted by molar-refractivity contribution is -0.0501. The van der Waals surface area contributed by atoms with Crippen LogP contribution in [-0.2, 0) is 4.74 Å². The molecule has 0 fully saturated rings. The van der Waals surface area contributed by atoms with Gasteiger partial charge in [-0.15, -0.1) is 12.6 Å². The molecule has 1 aromatic carbocycles. The topological polar surface area (TPSA) is 59.3 Å². The molecule has 7 heteroatoms. The van der Waals surface area contributed by atoms with Crippen LogP contribution in [0.15, 0.2) is 17.0 Å². The third-order valence-corrected chi connectivity index (χ3v) is 2.34. The molecule has 0 atom stereocenters. The fourth-order valence-electron chi connectivity index (χ4n) is 1.15. The SMILES string of the molecule is COC(=O)c1ccc(OC(F)F)c(C#N)c1S. The van der Waals surface area contributed by atoms with Crippen molar-refractivity contribution in [1.82, 2.24) is 0 Å². The number of thiol groups is 1. The highest BCUT2D eigenvalue weighted by molar-refractivity contribution is 7.80. The number of halogens is 2. The Balaban J connectivity index is 3.28. The minimum absolute atomic E-state index is 0.00833. The lowest BCUT2D eigenvalue weighted by Crippen LogP contribution is -2.07. The highest BCUT2D eigenvalue weighted by Crippen LogP contribution is 2.29.